The van der Waals surface area contributed by atoms with Crippen LogP contribution in [0.25, 0.3) is 16.7 Å². The number of nitriles is 1. The molecule has 29 heavy (non-hydrogen) atoms. The summed E-state index contributed by atoms with van der Waals surface area (Å²) >= 11 is 0. The van der Waals surface area contributed by atoms with Crippen molar-refractivity contribution in [1.29, 1.82) is 5.26 Å². The second-order valence-corrected chi connectivity index (χ2v) is 7.65. The molecule has 0 bridgehead atoms. The summed E-state index contributed by atoms with van der Waals surface area (Å²) in [4.78, 5) is 4.80. The number of pyridine rings is 1. The van der Waals surface area contributed by atoms with Gasteiger partial charge < -0.3 is 5.32 Å². The molecule has 0 aliphatic heterocycles. The second-order valence-electron chi connectivity index (χ2n) is 7.65. The van der Waals surface area contributed by atoms with Crippen molar-refractivity contribution in [2.45, 2.75) is 46.5 Å². The van der Waals surface area contributed by atoms with Crippen LogP contribution in [-0.2, 0) is 6.42 Å². The molecule has 0 atom stereocenters. The Hall–Kier alpha value is -3.32. The molecule has 2 aromatic heterocycles. The van der Waals surface area contributed by atoms with Crippen molar-refractivity contribution in [3.63, 3.8) is 0 Å². The number of nitrogens with one attached hydrogen (secondary N) is 1. The van der Waals surface area contributed by atoms with Crippen molar-refractivity contribution in [2.75, 3.05) is 5.32 Å². The van der Waals surface area contributed by atoms with Gasteiger partial charge in [0.2, 0.25) is 0 Å². The van der Waals surface area contributed by atoms with E-state index in [0.29, 0.717) is 5.56 Å². The van der Waals surface area contributed by atoms with E-state index in [0.717, 1.165) is 46.6 Å². The Kier molecular flexibility index (Phi) is 5.22. The van der Waals surface area contributed by atoms with E-state index < -0.39 is 0 Å². The highest BCUT2D eigenvalue weighted by molar-refractivity contribution is 5.87. The molecule has 0 saturated carbocycles. The van der Waals surface area contributed by atoms with Gasteiger partial charge in [0.25, 0.3) is 0 Å². The first-order valence-corrected chi connectivity index (χ1v) is 10.3. The Balaban J connectivity index is 2.01. The molecule has 0 radical (unpaired) electrons. The summed E-state index contributed by atoms with van der Waals surface area (Å²) in [5.74, 6) is 1.02. The quantitative estimate of drug-likeness (QED) is 0.390. The molecule has 2 aromatic carbocycles. The summed E-state index contributed by atoms with van der Waals surface area (Å²) in [7, 11) is 0. The number of aryl methyl sites for hydroxylation is 1. The summed E-state index contributed by atoms with van der Waals surface area (Å²) < 4.78 is 2.13. The lowest BCUT2D eigenvalue weighted by Crippen LogP contribution is -2.08. The minimum atomic E-state index is 0.669. The molecule has 0 fully saturated rings. The third-order valence-corrected chi connectivity index (χ3v) is 5.58. The zero-order valence-electron chi connectivity index (χ0n) is 17.3. The van der Waals surface area contributed by atoms with Gasteiger partial charge in [0.05, 0.1) is 16.6 Å². The van der Waals surface area contributed by atoms with E-state index >= 15 is 0 Å². The van der Waals surface area contributed by atoms with E-state index in [1.807, 2.05) is 18.2 Å². The lowest BCUT2D eigenvalue weighted by atomic mass is 9.99. The normalized spacial score (nSPS) is 11.1. The Morgan fingerprint density at radius 2 is 1.79 bits per heavy atom. The lowest BCUT2D eigenvalue weighted by molar-refractivity contribution is 0.714. The zero-order chi connectivity index (χ0) is 20.4. The maximum absolute atomic E-state index is 9.93. The van der Waals surface area contributed by atoms with Crippen molar-refractivity contribution < 1.29 is 0 Å². The lowest BCUT2D eigenvalue weighted by Gasteiger charge is -2.19. The number of rotatable bonds is 6. The number of fused-ring (bicyclic) bond motifs is 3. The molecule has 0 saturated heterocycles. The highest BCUT2D eigenvalue weighted by Crippen LogP contribution is 2.33. The first-order valence-electron chi connectivity index (χ1n) is 10.3. The van der Waals surface area contributed by atoms with Gasteiger partial charge in [-0.05, 0) is 62.1 Å². The van der Waals surface area contributed by atoms with Crippen LogP contribution in [0.1, 0.15) is 48.4 Å². The first kappa shape index (κ1) is 19.0. The van der Waals surface area contributed by atoms with Gasteiger partial charge in [0.1, 0.15) is 11.9 Å². The van der Waals surface area contributed by atoms with Crippen molar-refractivity contribution in [3.8, 4) is 6.07 Å². The largest absolute Gasteiger partial charge is 0.341 e. The van der Waals surface area contributed by atoms with Crippen molar-refractivity contribution in [1.82, 2.24) is 9.38 Å². The van der Waals surface area contributed by atoms with E-state index in [-0.39, 0.29) is 0 Å². The van der Waals surface area contributed by atoms with Crippen molar-refractivity contribution >= 4 is 28.2 Å². The monoisotopic (exact) mass is 382 g/mol. The predicted octanol–water partition coefficient (Wildman–Crippen LogP) is 6.45. The van der Waals surface area contributed by atoms with Crippen LogP contribution in [0.5, 0.6) is 0 Å². The molecule has 0 spiro atoms. The topological polar surface area (TPSA) is 53.1 Å². The molecule has 2 heterocycles. The fraction of sp³-hybridized carbons (Fsp3) is 0.280. The number of aromatic nitrogens is 2. The molecule has 0 unspecified atom stereocenters. The third kappa shape index (κ3) is 3.45. The standard InChI is InChI=1S/C25H26N4/c1-4-5-6-9-20-18(3)21(16-26)25-28-22-10-7-8-11-23(22)29(25)24(20)27-19-14-12-17(2)13-15-19/h7-8,10-15,27H,4-6,9H2,1-3H3. The fourth-order valence-corrected chi connectivity index (χ4v) is 3.95. The summed E-state index contributed by atoms with van der Waals surface area (Å²) in [6, 6.07) is 18.9. The van der Waals surface area contributed by atoms with E-state index in [1.54, 1.807) is 0 Å². The predicted molar refractivity (Wildman–Crippen MR) is 120 cm³/mol. The fourth-order valence-electron chi connectivity index (χ4n) is 3.95. The van der Waals surface area contributed by atoms with Gasteiger partial charge in [-0.2, -0.15) is 5.26 Å². The van der Waals surface area contributed by atoms with E-state index in [1.165, 1.54) is 24.0 Å². The van der Waals surface area contributed by atoms with Crippen LogP contribution in [-0.4, -0.2) is 9.38 Å². The number of anilines is 2. The maximum Gasteiger partial charge on any atom is 0.157 e. The van der Waals surface area contributed by atoms with Crippen LogP contribution in [0.15, 0.2) is 48.5 Å². The van der Waals surface area contributed by atoms with Crippen LogP contribution >= 0.6 is 0 Å². The van der Waals surface area contributed by atoms with Crippen LogP contribution in [0, 0.1) is 25.2 Å². The Labute approximate surface area is 171 Å². The van der Waals surface area contributed by atoms with Gasteiger partial charge in [-0.25, -0.2) is 4.98 Å². The first-order chi connectivity index (χ1) is 14.1. The maximum atomic E-state index is 9.93. The van der Waals surface area contributed by atoms with Crippen molar-refractivity contribution in [2.24, 2.45) is 0 Å². The van der Waals surface area contributed by atoms with Crippen molar-refractivity contribution in [3.05, 3.63) is 70.8 Å². The molecule has 0 aliphatic rings. The average molecular weight is 383 g/mol. The molecular formula is C25H26N4. The number of benzene rings is 2. The number of hydrogen-bond acceptors (Lipinski definition) is 3. The average Bonchev–Trinajstić information content (AvgIpc) is 3.11. The minimum absolute atomic E-state index is 0.669. The zero-order valence-corrected chi connectivity index (χ0v) is 17.3. The Bertz CT molecular complexity index is 1210. The van der Waals surface area contributed by atoms with Gasteiger partial charge in [-0.1, -0.05) is 49.6 Å². The molecular weight excluding hydrogens is 356 g/mol. The summed E-state index contributed by atoms with van der Waals surface area (Å²) in [6.07, 6.45) is 4.38. The third-order valence-electron chi connectivity index (χ3n) is 5.58. The van der Waals surface area contributed by atoms with Gasteiger partial charge in [-0.3, -0.25) is 4.40 Å². The van der Waals surface area contributed by atoms with Gasteiger partial charge in [-0.15, -0.1) is 0 Å². The van der Waals surface area contributed by atoms with Crippen LogP contribution in [0.3, 0.4) is 0 Å². The van der Waals surface area contributed by atoms with Gasteiger partial charge in [0, 0.05) is 5.69 Å². The van der Waals surface area contributed by atoms with Crippen LogP contribution in [0.4, 0.5) is 11.5 Å². The number of imidazole rings is 1. The van der Waals surface area contributed by atoms with Crippen LogP contribution < -0.4 is 5.32 Å². The van der Waals surface area contributed by atoms with E-state index in [9.17, 15) is 5.26 Å². The van der Waals surface area contributed by atoms with Gasteiger partial charge >= 0.3 is 0 Å². The number of para-hydroxylation sites is 2. The van der Waals surface area contributed by atoms with Crippen LogP contribution in [0.2, 0.25) is 0 Å². The van der Waals surface area contributed by atoms with E-state index in [4.69, 9.17) is 4.98 Å². The molecule has 4 heteroatoms. The Morgan fingerprint density at radius 3 is 2.52 bits per heavy atom. The SMILES string of the molecule is CCCCCc1c(C)c(C#N)c2nc3ccccc3n2c1Nc1ccc(C)cc1. The number of nitrogens with zero attached hydrogens (tertiary/aromatic N) is 3. The van der Waals surface area contributed by atoms with Gasteiger partial charge in [0.15, 0.2) is 5.65 Å². The molecule has 4 aromatic rings. The highest BCUT2D eigenvalue weighted by atomic mass is 15.1. The summed E-state index contributed by atoms with van der Waals surface area (Å²) in [6.45, 7) is 6.36. The molecule has 4 rings (SSSR count). The summed E-state index contributed by atoms with van der Waals surface area (Å²) in [5.41, 5.74) is 7.81. The summed E-state index contributed by atoms with van der Waals surface area (Å²) in [5, 5.41) is 13.6. The number of hydrogen-bond donors (Lipinski definition) is 1. The minimum Gasteiger partial charge on any atom is -0.341 e. The smallest absolute Gasteiger partial charge is 0.157 e. The molecule has 146 valence electrons. The molecule has 4 nitrogen and oxygen atoms in total. The highest BCUT2D eigenvalue weighted by Gasteiger charge is 2.20. The number of unbranched alkanes of at least 4 members (excludes halogenated alkanes) is 2. The Morgan fingerprint density at radius 1 is 1.03 bits per heavy atom. The molecule has 1 N–H and O–H groups in total. The van der Waals surface area contributed by atoms with E-state index in [2.05, 4.69) is 66.9 Å². The molecule has 0 aliphatic carbocycles. The molecule has 0 amide bonds. The second kappa shape index (κ2) is 7.97.